The summed E-state index contributed by atoms with van der Waals surface area (Å²) in [6.07, 6.45) is 0.540. The van der Waals surface area contributed by atoms with Gasteiger partial charge in [-0.15, -0.1) is 0 Å². The second kappa shape index (κ2) is 7.25. The van der Waals surface area contributed by atoms with Gasteiger partial charge in [-0.2, -0.15) is 0 Å². The van der Waals surface area contributed by atoms with E-state index in [-0.39, 0.29) is 11.9 Å². The minimum absolute atomic E-state index is 0.00267. The molecule has 0 spiro atoms. The molecule has 112 valence electrons. The Morgan fingerprint density at radius 1 is 1.29 bits per heavy atom. The van der Waals surface area contributed by atoms with E-state index < -0.39 is 0 Å². The first kappa shape index (κ1) is 16.3. The first-order valence-electron chi connectivity index (χ1n) is 6.49. The fraction of sp³-hybridized carbons (Fsp3) is 0.250. The van der Waals surface area contributed by atoms with Crippen LogP contribution >= 0.6 is 27.5 Å². The third-order valence-electron chi connectivity index (χ3n) is 3.37. The van der Waals surface area contributed by atoms with Gasteiger partial charge in [-0.05, 0) is 64.8 Å². The first-order valence-corrected chi connectivity index (χ1v) is 7.67. The Bertz CT molecular complexity index is 636. The van der Waals surface area contributed by atoms with E-state index in [1.54, 1.807) is 19.2 Å². The largest absolute Gasteiger partial charge is 0.496 e. The van der Waals surface area contributed by atoms with Gasteiger partial charge in [0.1, 0.15) is 11.6 Å². The summed E-state index contributed by atoms with van der Waals surface area (Å²) in [4.78, 5) is 0. The van der Waals surface area contributed by atoms with Crippen LogP contribution in [-0.4, -0.2) is 14.2 Å². The highest BCUT2D eigenvalue weighted by Crippen LogP contribution is 2.29. The lowest BCUT2D eigenvalue weighted by Gasteiger charge is -2.18. The molecular weight excluding hydrogens is 357 g/mol. The minimum atomic E-state index is -0.282. The summed E-state index contributed by atoms with van der Waals surface area (Å²) in [5.74, 6) is 0.488. The molecule has 0 aliphatic rings. The van der Waals surface area contributed by atoms with Crippen LogP contribution in [-0.2, 0) is 6.42 Å². The summed E-state index contributed by atoms with van der Waals surface area (Å²) >= 11 is 9.25. The second-order valence-corrected chi connectivity index (χ2v) is 5.97. The van der Waals surface area contributed by atoms with Gasteiger partial charge in [0, 0.05) is 11.1 Å². The summed E-state index contributed by atoms with van der Waals surface area (Å²) in [7, 11) is 3.48. The van der Waals surface area contributed by atoms with E-state index in [1.807, 2.05) is 25.2 Å². The van der Waals surface area contributed by atoms with Crippen molar-refractivity contribution in [2.75, 3.05) is 14.2 Å². The van der Waals surface area contributed by atoms with Gasteiger partial charge < -0.3 is 10.1 Å². The predicted molar refractivity (Wildman–Crippen MR) is 87.6 cm³/mol. The van der Waals surface area contributed by atoms with Crippen molar-refractivity contribution in [3.8, 4) is 5.75 Å². The number of hydrogen-bond donors (Lipinski definition) is 1. The lowest BCUT2D eigenvalue weighted by Crippen LogP contribution is -2.19. The van der Waals surface area contributed by atoms with E-state index in [0.717, 1.165) is 15.8 Å². The molecule has 0 fully saturated rings. The molecular formula is C16H16BrClFNO. The number of benzene rings is 2. The minimum Gasteiger partial charge on any atom is -0.496 e. The normalized spacial score (nSPS) is 12.2. The van der Waals surface area contributed by atoms with Crippen molar-refractivity contribution >= 4 is 27.5 Å². The zero-order valence-electron chi connectivity index (χ0n) is 11.8. The van der Waals surface area contributed by atoms with E-state index in [2.05, 4.69) is 21.2 Å². The summed E-state index contributed by atoms with van der Waals surface area (Å²) < 4.78 is 20.0. The molecule has 21 heavy (non-hydrogen) atoms. The molecule has 0 aliphatic carbocycles. The van der Waals surface area contributed by atoms with Gasteiger partial charge in [0.05, 0.1) is 11.6 Å². The average molecular weight is 373 g/mol. The van der Waals surface area contributed by atoms with Crippen LogP contribution < -0.4 is 10.1 Å². The number of nitrogens with one attached hydrogen (secondary N) is 1. The van der Waals surface area contributed by atoms with Gasteiger partial charge in [-0.3, -0.25) is 0 Å². The molecule has 0 amide bonds. The fourth-order valence-corrected chi connectivity index (χ4v) is 2.91. The number of ether oxygens (including phenoxy) is 1. The second-order valence-electron chi connectivity index (χ2n) is 4.68. The van der Waals surface area contributed by atoms with Crippen LogP contribution in [0.25, 0.3) is 0 Å². The number of methoxy groups -OCH3 is 1. The van der Waals surface area contributed by atoms with Gasteiger partial charge in [-0.1, -0.05) is 23.7 Å². The van der Waals surface area contributed by atoms with E-state index in [9.17, 15) is 4.39 Å². The molecule has 1 N–H and O–H groups in total. The van der Waals surface area contributed by atoms with Crippen molar-refractivity contribution in [3.05, 3.63) is 62.8 Å². The number of halogens is 3. The van der Waals surface area contributed by atoms with Crippen LogP contribution in [0.15, 0.2) is 40.9 Å². The maximum absolute atomic E-state index is 13.9. The Labute approximate surface area is 137 Å². The van der Waals surface area contributed by atoms with Crippen LogP contribution in [0.4, 0.5) is 4.39 Å². The highest BCUT2D eigenvalue weighted by Gasteiger charge is 2.14. The van der Waals surface area contributed by atoms with Gasteiger partial charge in [0.2, 0.25) is 0 Å². The standard InChI is InChI=1S/C16H16BrClFNO/c1-20-15(8-10-3-5-12(18)9-14(10)19)11-4-6-16(21-2)13(17)7-11/h3-7,9,15,20H,8H2,1-2H3. The quantitative estimate of drug-likeness (QED) is 0.817. The van der Waals surface area contributed by atoms with E-state index in [4.69, 9.17) is 16.3 Å². The predicted octanol–water partition coefficient (Wildman–Crippen LogP) is 4.75. The maximum atomic E-state index is 13.9. The SMILES string of the molecule is CNC(Cc1ccc(Cl)cc1F)c1ccc(OC)c(Br)c1. The number of rotatable bonds is 5. The molecule has 1 unspecified atom stereocenters. The first-order chi connectivity index (χ1) is 10.0. The van der Waals surface area contributed by atoms with Crippen LogP contribution in [0, 0.1) is 5.82 Å². The topological polar surface area (TPSA) is 21.3 Å². The van der Waals surface area contributed by atoms with Gasteiger partial charge in [0.15, 0.2) is 0 Å². The lowest BCUT2D eigenvalue weighted by molar-refractivity contribution is 0.411. The van der Waals surface area contributed by atoms with Crippen LogP contribution in [0.2, 0.25) is 5.02 Å². The van der Waals surface area contributed by atoms with Crippen molar-refractivity contribution in [2.45, 2.75) is 12.5 Å². The molecule has 2 nitrogen and oxygen atoms in total. The monoisotopic (exact) mass is 371 g/mol. The molecule has 0 saturated carbocycles. The summed E-state index contributed by atoms with van der Waals surface area (Å²) in [6.45, 7) is 0. The van der Waals surface area contributed by atoms with Crippen molar-refractivity contribution in [3.63, 3.8) is 0 Å². The van der Waals surface area contributed by atoms with E-state index in [1.165, 1.54) is 6.07 Å². The zero-order chi connectivity index (χ0) is 15.4. The Morgan fingerprint density at radius 2 is 2.05 bits per heavy atom. The third-order valence-corrected chi connectivity index (χ3v) is 4.22. The Kier molecular flexibility index (Phi) is 5.62. The number of hydrogen-bond acceptors (Lipinski definition) is 2. The zero-order valence-corrected chi connectivity index (χ0v) is 14.1. The summed E-state index contributed by atoms with van der Waals surface area (Å²) in [5, 5.41) is 3.62. The summed E-state index contributed by atoms with van der Waals surface area (Å²) in [5.41, 5.74) is 1.69. The Morgan fingerprint density at radius 3 is 2.62 bits per heavy atom. The van der Waals surface area contributed by atoms with Crippen molar-refractivity contribution in [1.29, 1.82) is 0 Å². The Hall–Kier alpha value is -1.10. The van der Waals surface area contributed by atoms with E-state index >= 15 is 0 Å². The van der Waals surface area contributed by atoms with E-state index in [0.29, 0.717) is 17.0 Å². The molecule has 0 saturated heterocycles. The van der Waals surface area contributed by atoms with Crippen molar-refractivity contribution in [2.24, 2.45) is 0 Å². The highest BCUT2D eigenvalue weighted by molar-refractivity contribution is 9.10. The maximum Gasteiger partial charge on any atom is 0.133 e. The molecule has 0 heterocycles. The molecule has 2 rings (SSSR count). The summed E-state index contributed by atoms with van der Waals surface area (Å²) in [6, 6.07) is 10.6. The fourth-order valence-electron chi connectivity index (χ4n) is 2.19. The van der Waals surface area contributed by atoms with Crippen LogP contribution in [0.1, 0.15) is 17.2 Å². The van der Waals surface area contributed by atoms with Gasteiger partial charge in [0.25, 0.3) is 0 Å². The molecule has 2 aromatic carbocycles. The third kappa shape index (κ3) is 3.96. The molecule has 2 aromatic rings. The van der Waals surface area contributed by atoms with Gasteiger partial charge in [-0.25, -0.2) is 4.39 Å². The smallest absolute Gasteiger partial charge is 0.133 e. The number of likely N-dealkylation sites (N-methyl/N-ethyl adjacent to an activating group) is 1. The average Bonchev–Trinajstić information content (AvgIpc) is 2.46. The highest BCUT2D eigenvalue weighted by atomic mass is 79.9. The molecule has 1 atom stereocenters. The van der Waals surface area contributed by atoms with Crippen LogP contribution in [0.5, 0.6) is 5.75 Å². The molecule has 0 bridgehead atoms. The molecule has 5 heteroatoms. The molecule has 0 aliphatic heterocycles. The van der Waals surface area contributed by atoms with Crippen molar-refractivity contribution < 1.29 is 9.13 Å². The molecule has 0 radical (unpaired) electrons. The lowest BCUT2D eigenvalue weighted by atomic mass is 9.98. The Balaban J connectivity index is 2.25. The van der Waals surface area contributed by atoms with Crippen LogP contribution in [0.3, 0.4) is 0 Å². The van der Waals surface area contributed by atoms with Crippen molar-refractivity contribution in [1.82, 2.24) is 5.32 Å². The molecule has 0 aromatic heterocycles. The van der Waals surface area contributed by atoms with Gasteiger partial charge >= 0.3 is 0 Å².